The Balaban J connectivity index is 1.90. The van der Waals surface area contributed by atoms with Crippen molar-refractivity contribution >= 4 is 5.78 Å². The van der Waals surface area contributed by atoms with Crippen LogP contribution in [0.1, 0.15) is 22.3 Å². The molecular weight excluding hydrogens is 336 g/mol. The molecular formula is C16H20O9. The van der Waals surface area contributed by atoms with E-state index in [2.05, 4.69) is 0 Å². The number of rotatable bonds is 3. The van der Waals surface area contributed by atoms with Crippen molar-refractivity contribution in [3.05, 3.63) is 17.2 Å². The molecule has 1 fully saturated rings. The van der Waals surface area contributed by atoms with Crippen LogP contribution in [0.4, 0.5) is 0 Å². The minimum absolute atomic E-state index is 0.0740. The molecule has 0 amide bonds. The van der Waals surface area contributed by atoms with E-state index in [4.69, 9.17) is 14.2 Å². The summed E-state index contributed by atoms with van der Waals surface area (Å²) in [5.41, 5.74) is 0.305. The second-order valence-electron chi connectivity index (χ2n) is 6.06. The Morgan fingerprint density at radius 3 is 2.64 bits per heavy atom. The van der Waals surface area contributed by atoms with Gasteiger partial charge in [-0.15, -0.1) is 0 Å². The number of fused-ring (bicyclic) bond motifs is 1. The van der Waals surface area contributed by atoms with E-state index >= 15 is 0 Å². The van der Waals surface area contributed by atoms with Crippen LogP contribution < -0.4 is 9.47 Å². The van der Waals surface area contributed by atoms with Crippen molar-refractivity contribution in [1.29, 1.82) is 0 Å². The summed E-state index contributed by atoms with van der Waals surface area (Å²) >= 11 is 0. The Morgan fingerprint density at radius 2 is 1.96 bits per heavy atom. The van der Waals surface area contributed by atoms with Crippen LogP contribution in [0.25, 0.3) is 0 Å². The molecule has 9 nitrogen and oxygen atoms in total. The molecule has 1 saturated heterocycles. The van der Waals surface area contributed by atoms with Gasteiger partial charge < -0.3 is 39.7 Å². The number of ketones is 1. The zero-order valence-electron chi connectivity index (χ0n) is 13.5. The van der Waals surface area contributed by atoms with Gasteiger partial charge in [-0.05, 0) is 6.92 Å². The van der Waals surface area contributed by atoms with Gasteiger partial charge in [0.15, 0.2) is 5.78 Å². The van der Waals surface area contributed by atoms with E-state index in [0.717, 1.165) is 0 Å². The van der Waals surface area contributed by atoms with Crippen LogP contribution in [0.5, 0.6) is 17.2 Å². The Kier molecular flexibility index (Phi) is 4.85. The summed E-state index contributed by atoms with van der Waals surface area (Å²) in [6.45, 7) is 1.10. The van der Waals surface area contributed by atoms with E-state index in [9.17, 15) is 30.3 Å². The molecule has 5 N–H and O–H groups in total. The van der Waals surface area contributed by atoms with E-state index in [0.29, 0.717) is 0 Å². The molecule has 0 aliphatic carbocycles. The van der Waals surface area contributed by atoms with Gasteiger partial charge >= 0.3 is 0 Å². The number of hydrogen-bond acceptors (Lipinski definition) is 9. The summed E-state index contributed by atoms with van der Waals surface area (Å²) in [5.74, 6) is -0.308. The molecule has 0 radical (unpaired) electrons. The predicted molar refractivity (Wildman–Crippen MR) is 81.7 cm³/mol. The van der Waals surface area contributed by atoms with Crippen molar-refractivity contribution in [2.45, 2.75) is 44.1 Å². The third-order valence-corrected chi connectivity index (χ3v) is 4.43. The fourth-order valence-electron chi connectivity index (χ4n) is 2.89. The first-order chi connectivity index (χ1) is 11.8. The number of phenols is 1. The normalized spacial score (nSPS) is 32.0. The maximum absolute atomic E-state index is 11.9. The van der Waals surface area contributed by atoms with E-state index < -0.39 is 37.3 Å². The molecule has 0 spiro atoms. The van der Waals surface area contributed by atoms with Gasteiger partial charge in [-0.2, -0.15) is 0 Å². The number of phenolic OH excluding ortho intramolecular Hbond substituents is 1. The lowest BCUT2D eigenvalue weighted by atomic mass is 9.98. The molecule has 5 atom stereocenters. The highest BCUT2D eigenvalue weighted by Crippen LogP contribution is 2.41. The SMILES string of the molecule is Cc1c(OC2OC(CO)C(O)C(O)C2O)cc2c(c1O)C(=O)CCO2. The number of benzene rings is 1. The van der Waals surface area contributed by atoms with Crippen LogP contribution in [-0.4, -0.2) is 75.2 Å². The first-order valence-corrected chi connectivity index (χ1v) is 7.85. The van der Waals surface area contributed by atoms with Gasteiger partial charge in [-0.1, -0.05) is 0 Å². The topological polar surface area (TPSA) is 146 Å². The lowest BCUT2D eigenvalue weighted by Crippen LogP contribution is -2.60. The van der Waals surface area contributed by atoms with Crippen molar-refractivity contribution < 1.29 is 44.5 Å². The molecule has 138 valence electrons. The van der Waals surface area contributed by atoms with Crippen molar-refractivity contribution in [2.75, 3.05) is 13.2 Å². The largest absolute Gasteiger partial charge is 0.507 e. The number of ether oxygens (including phenoxy) is 3. The summed E-state index contributed by atoms with van der Waals surface area (Å²) in [4.78, 5) is 11.9. The summed E-state index contributed by atoms with van der Waals surface area (Å²) in [5, 5.41) is 49.1. The third-order valence-electron chi connectivity index (χ3n) is 4.43. The minimum Gasteiger partial charge on any atom is -0.507 e. The lowest BCUT2D eigenvalue weighted by Gasteiger charge is -2.39. The van der Waals surface area contributed by atoms with Crippen molar-refractivity contribution in [2.24, 2.45) is 0 Å². The number of aliphatic hydroxyl groups excluding tert-OH is 4. The minimum atomic E-state index is -1.59. The van der Waals surface area contributed by atoms with Crippen LogP contribution in [0.2, 0.25) is 0 Å². The van der Waals surface area contributed by atoms with Crippen LogP contribution >= 0.6 is 0 Å². The number of Topliss-reactive ketones (excluding diaryl/α,β-unsaturated/α-hetero) is 1. The molecule has 0 saturated carbocycles. The van der Waals surface area contributed by atoms with Gasteiger partial charge in [0.2, 0.25) is 6.29 Å². The van der Waals surface area contributed by atoms with Gasteiger partial charge in [-0.3, -0.25) is 4.79 Å². The Morgan fingerprint density at radius 1 is 1.24 bits per heavy atom. The highest BCUT2D eigenvalue weighted by Gasteiger charge is 2.45. The molecule has 2 aliphatic rings. The maximum atomic E-state index is 11.9. The molecule has 2 aliphatic heterocycles. The number of aromatic hydroxyl groups is 1. The monoisotopic (exact) mass is 356 g/mol. The van der Waals surface area contributed by atoms with Crippen LogP contribution in [-0.2, 0) is 4.74 Å². The molecule has 5 unspecified atom stereocenters. The predicted octanol–water partition coefficient (Wildman–Crippen LogP) is -1.16. The first-order valence-electron chi connectivity index (χ1n) is 7.85. The van der Waals surface area contributed by atoms with E-state index in [-0.39, 0.29) is 47.2 Å². The molecule has 0 bridgehead atoms. The smallest absolute Gasteiger partial charge is 0.229 e. The molecule has 3 rings (SSSR count). The molecule has 0 aromatic heterocycles. The average Bonchev–Trinajstić information content (AvgIpc) is 2.59. The zero-order chi connectivity index (χ0) is 18.3. The summed E-state index contributed by atoms with van der Waals surface area (Å²) < 4.78 is 16.2. The number of hydrogen-bond donors (Lipinski definition) is 5. The number of aliphatic hydroxyl groups is 4. The fourth-order valence-corrected chi connectivity index (χ4v) is 2.89. The standard InChI is InChI=1S/C16H20O9/c1-6-8(4-9-11(12(6)19)7(18)2-3-23-9)24-16-15(22)14(21)13(20)10(5-17)25-16/h4,10,13-17,19-22H,2-3,5H2,1H3. The van der Waals surface area contributed by atoms with Crippen LogP contribution in [0, 0.1) is 6.92 Å². The van der Waals surface area contributed by atoms with Crippen molar-refractivity contribution in [1.82, 2.24) is 0 Å². The highest BCUT2D eigenvalue weighted by atomic mass is 16.7. The Labute approximate surface area is 143 Å². The Bertz CT molecular complexity index is 672. The molecule has 2 heterocycles. The molecule has 1 aromatic carbocycles. The summed E-state index contributed by atoms with van der Waals surface area (Å²) in [6.07, 6.45) is -7.02. The van der Waals surface area contributed by atoms with Gasteiger partial charge in [0.05, 0.1) is 13.2 Å². The van der Waals surface area contributed by atoms with Gasteiger partial charge in [0.25, 0.3) is 0 Å². The van der Waals surface area contributed by atoms with Crippen molar-refractivity contribution in [3.8, 4) is 17.2 Å². The van der Waals surface area contributed by atoms with Gasteiger partial charge in [0.1, 0.15) is 47.2 Å². The fraction of sp³-hybridized carbons (Fsp3) is 0.562. The Hall–Kier alpha value is -1.91. The number of carbonyl (C=O) groups is 1. The van der Waals surface area contributed by atoms with Gasteiger partial charge in [-0.25, -0.2) is 0 Å². The highest BCUT2D eigenvalue weighted by molar-refractivity contribution is 6.02. The van der Waals surface area contributed by atoms with E-state index in [1.165, 1.54) is 13.0 Å². The van der Waals surface area contributed by atoms with Gasteiger partial charge in [0, 0.05) is 18.1 Å². The summed E-state index contributed by atoms with van der Waals surface area (Å²) in [7, 11) is 0. The molecule has 9 heteroatoms. The third kappa shape index (κ3) is 3.05. The maximum Gasteiger partial charge on any atom is 0.229 e. The molecule has 1 aromatic rings. The average molecular weight is 356 g/mol. The quantitative estimate of drug-likeness (QED) is 0.453. The second kappa shape index (κ2) is 6.77. The second-order valence-corrected chi connectivity index (χ2v) is 6.06. The number of carbonyl (C=O) groups excluding carboxylic acids is 1. The summed E-state index contributed by atoms with van der Waals surface area (Å²) in [6, 6.07) is 1.39. The first kappa shape index (κ1) is 17.9. The van der Waals surface area contributed by atoms with Crippen molar-refractivity contribution in [3.63, 3.8) is 0 Å². The zero-order valence-corrected chi connectivity index (χ0v) is 13.5. The van der Waals surface area contributed by atoms with Crippen LogP contribution in [0.15, 0.2) is 6.07 Å². The molecule has 25 heavy (non-hydrogen) atoms. The van der Waals surface area contributed by atoms with E-state index in [1.807, 2.05) is 0 Å². The van der Waals surface area contributed by atoms with Crippen LogP contribution in [0.3, 0.4) is 0 Å². The lowest BCUT2D eigenvalue weighted by molar-refractivity contribution is -0.277. The van der Waals surface area contributed by atoms with E-state index in [1.54, 1.807) is 0 Å².